The second kappa shape index (κ2) is 4.26. The van der Waals surface area contributed by atoms with Gasteiger partial charge in [0.1, 0.15) is 5.69 Å². The number of pyridine rings is 1. The van der Waals surface area contributed by atoms with Crippen molar-refractivity contribution in [3.05, 3.63) is 46.5 Å². The van der Waals surface area contributed by atoms with Gasteiger partial charge in [-0.2, -0.15) is 4.98 Å². The minimum Gasteiger partial charge on any atom is -0.332 e. The van der Waals surface area contributed by atoms with Gasteiger partial charge >= 0.3 is 0 Å². The standard InChI is InChI=1S/C15H14N4O2/c16-15(6-3-7-15)14-18-13(21-19-14)11-8-9-4-1-2-5-10(9)12(20)17-11/h1-2,4-5,8H,3,6-7,16H2,(H,17,20). The molecule has 2 heterocycles. The summed E-state index contributed by atoms with van der Waals surface area (Å²) >= 11 is 0. The van der Waals surface area contributed by atoms with Crippen LogP contribution < -0.4 is 11.3 Å². The largest absolute Gasteiger partial charge is 0.332 e. The lowest BCUT2D eigenvalue weighted by atomic mass is 9.77. The molecule has 0 amide bonds. The van der Waals surface area contributed by atoms with Crippen LogP contribution in [0.2, 0.25) is 0 Å². The van der Waals surface area contributed by atoms with Crippen molar-refractivity contribution >= 4 is 10.8 Å². The van der Waals surface area contributed by atoms with Crippen LogP contribution in [0.15, 0.2) is 39.6 Å². The minimum absolute atomic E-state index is 0.172. The number of benzene rings is 1. The fourth-order valence-electron chi connectivity index (χ4n) is 2.64. The van der Waals surface area contributed by atoms with Gasteiger partial charge in [-0.25, -0.2) is 0 Å². The molecule has 4 rings (SSSR count). The van der Waals surface area contributed by atoms with Crippen LogP contribution in [-0.2, 0) is 5.54 Å². The maximum Gasteiger partial charge on any atom is 0.274 e. The molecule has 0 radical (unpaired) electrons. The molecular formula is C15H14N4O2. The first-order valence-corrected chi connectivity index (χ1v) is 6.91. The molecule has 1 aliphatic rings. The number of aromatic amines is 1. The molecule has 1 aromatic carbocycles. The highest BCUT2D eigenvalue weighted by Gasteiger charge is 2.39. The van der Waals surface area contributed by atoms with E-state index in [2.05, 4.69) is 15.1 Å². The van der Waals surface area contributed by atoms with Crippen molar-refractivity contribution in [1.82, 2.24) is 15.1 Å². The lowest BCUT2D eigenvalue weighted by Crippen LogP contribution is -2.44. The smallest absolute Gasteiger partial charge is 0.274 e. The van der Waals surface area contributed by atoms with Gasteiger partial charge in [0.2, 0.25) is 0 Å². The quantitative estimate of drug-likeness (QED) is 0.748. The maximum absolute atomic E-state index is 12.1. The number of hydrogen-bond acceptors (Lipinski definition) is 5. The Morgan fingerprint density at radius 3 is 2.86 bits per heavy atom. The first-order valence-electron chi connectivity index (χ1n) is 6.91. The van der Waals surface area contributed by atoms with Crippen molar-refractivity contribution in [1.29, 1.82) is 0 Å². The summed E-state index contributed by atoms with van der Waals surface area (Å²) < 4.78 is 5.27. The Morgan fingerprint density at radius 1 is 1.29 bits per heavy atom. The predicted octanol–water partition coefficient (Wildman–Crippen LogP) is 1.92. The zero-order valence-corrected chi connectivity index (χ0v) is 11.3. The van der Waals surface area contributed by atoms with Gasteiger partial charge in [0.25, 0.3) is 11.4 Å². The topological polar surface area (TPSA) is 97.8 Å². The summed E-state index contributed by atoms with van der Waals surface area (Å²) in [5, 5.41) is 5.43. The molecule has 0 unspecified atom stereocenters. The number of H-pyrrole nitrogens is 1. The molecule has 6 heteroatoms. The number of nitrogens with two attached hydrogens (primary N) is 1. The summed E-state index contributed by atoms with van der Waals surface area (Å²) in [6.07, 6.45) is 2.80. The van der Waals surface area contributed by atoms with E-state index in [-0.39, 0.29) is 5.56 Å². The highest BCUT2D eigenvalue weighted by Crippen LogP contribution is 2.37. The highest BCUT2D eigenvalue weighted by molar-refractivity contribution is 5.84. The Labute approximate surface area is 120 Å². The number of nitrogens with one attached hydrogen (secondary N) is 1. The Bertz CT molecular complexity index is 877. The molecule has 1 saturated carbocycles. The SMILES string of the molecule is NC1(c2noc(-c3cc4ccccc4c(=O)[nH]3)n2)CCC1. The van der Waals surface area contributed by atoms with Gasteiger partial charge in [0.05, 0.1) is 5.54 Å². The molecule has 106 valence electrons. The molecule has 3 aromatic rings. The normalized spacial score (nSPS) is 16.8. The van der Waals surface area contributed by atoms with Crippen LogP contribution in [0.25, 0.3) is 22.4 Å². The lowest BCUT2D eigenvalue weighted by molar-refractivity contribution is 0.229. The molecule has 2 aromatic heterocycles. The van der Waals surface area contributed by atoms with Gasteiger partial charge in [-0.15, -0.1) is 0 Å². The molecule has 1 aliphatic carbocycles. The predicted molar refractivity (Wildman–Crippen MR) is 77.6 cm³/mol. The fraction of sp³-hybridized carbons (Fsp3) is 0.267. The number of fused-ring (bicyclic) bond motifs is 1. The minimum atomic E-state index is -0.473. The van der Waals surface area contributed by atoms with Crippen molar-refractivity contribution in [3.8, 4) is 11.6 Å². The van der Waals surface area contributed by atoms with Crippen molar-refractivity contribution < 1.29 is 4.52 Å². The molecule has 0 bridgehead atoms. The van der Waals surface area contributed by atoms with Gasteiger partial charge in [0.15, 0.2) is 5.82 Å². The van der Waals surface area contributed by atoms with E-state index in [4.69, 9.17) is 10.3 Å². The van der Waals surface area contributed by atoms with Crippen LogP contribution in [0, 0.1) is 0 Å². The zero-order valence-electron chi connectivity index (χ0n) is 11.3. The van der Waals surface area contributed by atoms with E-state index in [9.17, 15) is 4.79 Å². The Hall–Kier alpha value is -2.47. The Morgan fingerprint density at radius 2 is 2.10 bits per heavy atom. The van der Waals surface area contributed by atoms with Gasteiger partial charge in [-0.3, -0.25) is 4.79 Å². The highest BCUT2D eigenvalue weighted by atomic mass is 16.5. The average molecular weight is 282 g/mol. The zero-order chi connectivity index (χ0) is 14.4. The van der Waals surface area contributed by atoms with Crippen molar-refractivity contribution in [3.63, 3.8) is 0 Å². The average Bonchev–Trinajstić information content (AvgIpc) is 2.95. The second-order valence-corrected chi connectivity index (χ2v) is 5.53. The van der Waals surface area contributed by atoms with E-state index < -0.39 is 5.54 Å². The third-order valence-corrected chi connectivity index (χ3v) is 4.10. The van der Waals surface area contributed by atoms with E-state index in [1.54, 1.807) is 6.07 Å². The summed E-state index contributed by atoms with van der Waals surface area (Å²) in [4.78, 5) is 19.2. The lowest BCUT2D eigenvalue weighted by Gasteiger charge is -2.34. The Balaban J connectivity index is 1.82. The molecule has 0 saturated heterocycles. The second-order valence-electron chi connectivity index (χ2n) is 5.53. The summed E-state index contributed by atoms with van der Waals surface area (Å²) in [5.41, 5.74) is 6.05. The van der Waals surface area contributed by atoms with Crippen LogP contribution in [0.4, 0.5) is 0 Å². The summed E-state index contributed by atoms with van der Waals surface area (Å²) in [6.45, 7) is 0. The van der Waals surface area contributed by atoms with Crippen LogP contribution in [0.1, 0.15) is 25.1 Å². The van der Waals surface area contributed by atoms with Crippen LogP contribution in [0.5, 0.6) is 0 Å². The van der Waals surface area contributed by atoms with Crippen molar-refractivity contribution in [2.45, 2.75) is 24.8 Å². The van der Waals surface area contributed by atoms with Crippen LogP contribution in [-0.4, -0.2) is 15.1 Å². The molecular weight excluding hydrogens is 268 g/mol. The van der Waals surface area contributed by atoms with E-state index in [1.807, 2.05) is 24.3 Å². The molecule has 3 N–H and O–H groups in total. The van der Waals surface area contributed by atoms with Crippen LogP contribution >= 0.6 is 0 Å². The number of hydrogen-bond donors (Lipinski definition) is 2. The monoisotopic (exact) mass is 282 g/mol. The van der Waals surface area contributed by atoms with Crippen molar-refractivity contribution in [2.75, 3.05) is 0 Å². The van der Waals surface area contributed by atoms with Crippen LogP contribution in [0.3, 0.4) is 0 Å². The van der Waals surface area contributed by atoms with E-state index >= 15 is 0 Å². The third kappa shape index (κ3) is 1.87. The molecule has 1 fully saturated rings. The third-order valence-electron chi connectivity index (χ3n) is 4.10. The van der Waals surface area contributed by atoms with Gasteiger partial charge in [-0.1, -0.05) is 23.4 Å². The number of aromatic nitrogens is 3. The molecule has 0 spiro atoms. The van der Waals surface area contributed by atoms with Gasteiger partial charge in [0, 0.05) is 5.39 Å². The number of rotatable bonds is 2. The Kier molecular flexibility index (Phi) is 2.49. The molecule has 21 heavy (non-hydrogen) atoms. The van der Waals surface area contributed by atoms with E-state index in [1.165, 1.54) is 0 Å². The summed E-state index contributed by atoms with van der Waals surface area (Å²) in [7, 11) is 0. The maximum atomic E-state index is 12.1. The van der Waals surface area contributed by atoms with E-state index in [0.717, 1.165) is 24.6 Å². The first-order chi connectivity index (χ1) is 10.2. The van der Waals surface area contributed by atoms with Crippen molar-refractivity contribution in [2.24, 2.45) is 5.73 Å². The summed E-state index contributed by atoms with van der Waals surface area (Å²) in [6, 6.07) is 9.20. The van der Waals surface area contributed by atoms with Gasteiger partial charge < -0.3 is 15.2 Å². The molecule has 6 nitrogen and oxygen atoms in total. The molecule has 0 aliphatic heterocycles. The fourth-order valence-corrected chi connectivity index (χ4v) is 2.64. The van der Waals surface area contributed by atoms with Gasteiger partial charge in [-0.05, 0) is 36.8 Å². The first kappa shape index (κ1) is 12.3. The summed E-state index contributed by atoms with van der Waals surface area (Å²) in [5.74, 6) is 0.808. The molecule has 0 atom stereocenters. The van der Waals surface area contributed by atoms with E-state index in [0.29, 0.717) is 22.8 Å². The number of nitrogens with zero attached hydrogens (tertiary/aromatic N) is 2.